The van der Waals surface area contributed by atoms with Gasteiger partial charge in [0.05, 0.1) is 0 Å². The second-order valence-electron chi connectivity index (χ2n) is 7.27. The van der Waals surface area contributed by atoms with Crippen molar-refractivity contribution in [3.63, 3.8) is 0 Å². The van der Waals surface area contributed by atoms with Crippen molar-refractivity contribution in [2.45, 2.75) is 71.1 Å². The molecule has 19 heavy (non-hydrogen) atoms. The molecule has 0 saturated heterocycles. The molecule has 0 aromatic carbocycles. The summed E-state index contributed by atoms with van der Waals surface area (Å²) in [5.74, 6) is 1.60. The maximum atomic E-state index is 11.7. The predicted octanol–water partition coefficient (Wildman–Crippen LogP) is 2.68. The summed E-state index contributed by atoms with van der Waals surface area (Å²) in [7, 11) is 0. The average molecular weight is 268 g/mol. The van der Waals surface area contributed by atoms with Crippen LogP contribution < -0.4 is 10.6 Å². The molecule has 1 unspecified atom stereocenters. The third-order valence-corrected chi connectivity index (χ3v) is 3.88. The highest BCUT2D eigenvalue weighted by atomic mass is 16.6. The number of alkyl carbamates (subject to hydrolysis) is 1. The highest BCUT2D eigenvalue weighted by molar-refractivity contribution is 5.67. The maximum absolute atomic E-state index is 11.7. The average Bonchev–Trinajstić information content (AvgIpc) is 3.02. The summed E-state index contributed by atoms with van der Waals surface area (Å²) in [4.78, 5) is 11.7. The molecule has 0 radical (unpaired) electrons. The van der Waals surface area contributed by atoms with Gasteiger partial charge < -0.3 is 15.4 Å². The molecule has 2 saturated carbocycles. The van der Waals surface area contributed by atoms with Gasteiger partial charge in [-0.15, -0.1) is 0 Å². The van der Waals surface area contributed by atoms with Crippen LogP contribution in [-0.2, 0) is 4.74 Å². The van der Waals surface area contributed by atoms with Crippen molar-refractivity contribution in [1.29, 1.82) is 0 Å². The molecule has 0 bridgehead atoms. The van der Waals surface area contributed by atoms with E-state index in [9.17, 15) is 4.79 Å². The van der Waals surface area contributed by atoms with Gasteiger partial charge in [0.1, 0.15) is 5.60 Å². The molecule has 0 spiro atoms. The SMILES string of the molecule is CC1CC(NC(CNC(=O)OC(C)(C)C)C2CC2)C1. The summed E-state index contributed by atoms with van der Waals surface area (Å²) < 4.78 is 5.27. The Labute approximate surface area is 116 Å². The van der Waals surface area contributed by atoms with E-state index < -0.39 is 5.60 Å². The summed E-state index contributed by atoms with van der Waals surface area (Å²) in [6.45, 7) is 8.64. The summed E-state index contributed by atoms with van der Waals surface area (Å²) in [6, 6.07) is 1.08. The third-order valence-electron chi connectivity index (χ3n) is 3.88. The Morgan fingerprint density at radius 2 is 1.95 bits per heavy atom. The summed E-state index contributed by atoms with van der Waals surface area (Å²) in [5, 5.41) is 6.60. The van der Waals surface area contributed by atoms with E-state index in [1.165, 1.54) is 25.7 Å². The normalized spacial score (nSPS) is 28.4. The molecule has 2 aliphatic carbocycles. The van der Waals surface area contributed by atoms with Crippen molar-refractivity contribution in [2.75, 3.05) is 6.54 Å². The Morgan fingerprint density at radius 1 is 1.32 bits per heavy atom. The molecule has 2 N–H and O–H groups in total. The van der Waals surface area contributed by atoms with E-state index in [0.717, 1.165) is 11.8 Å². The van der Waals surface area contributed by atoms with Crippen LogP contribution in [0.2, 0.25) is 0 Å². The van der Waals surface area contributed by atoms with E-state index in [1.807, 2.05) is 20.8 Å². The van der Waals surface area contributed by atoms with Crippen molar-refractivity contribution < 1.29 is 9.53 Å². The molecule has 0 aromatic heterocycles. The molecule has 2 fully saturated rings. The minimum Gasteiger partial charge on any atom is -0.444 e. The van der Waals surface area contributed by atoms with E-state index >= 15 is 0 Å². The third kappa shape index (κ3) is 5.01. The zero-order valence-corrected chi connectivity index (χ0v) is 12.7. The van der Waals surface area contributed by atoms with Crippen molar-refractivity contribution in [3.05, 3.63) is 0 Å². The van der Waals surface area contributed by atoms with Crippen molar-refractivity contribution in [2.24, 2.45) is 11.8 Å². The van der Waals surface area contributed by atoms with Crippen molar-refractivity contribution in [1.82, 2.24) is 10.6 Å². The predicted molar refractivity (Wildman–Crippen MR) is 76.1 cm³/mol. The van der Waals surface area contributed by atoms with Gasteiger partial charge in [-0.1, -0.05) is 6.92 Å². The Kier molecular flexibility index (Phi) is 4.39. The second-order valence-corrected chi connectivity index (χ2v) is 7.27. The van der Waals surface area contributed by atoms with Gasteiger partial charge in [0.15, 0.2) is 0 Å². The number of carbonyl (C=O) groups is 1. The number of rotatable bonds is 5. The van der Waals surface area contributed by atoms with E-state index in [-0.39, 0.29) is 6.09 Å². The van der Waals surface area contributed by atoms with E-state index in [1.54, 1.807) is 0 Å². The van der Waals surface area contributed by atoms with Crippen molar-refractivity contribution in [3.8, 4) is 0 Å². The lowest BCUT2D eigenvalue weighted by atomic mass is 9.81. The second kappa shape index (κ2) is 5.70. The van der Waals surface area contributed by atoms with Gasteiger partial charge in [-0.2, -0.15) is 0 Å². The summed E-state index contributed by atoms with van der Waals surface area (Å²) in [6.07, 6.45) is 4.82. The van der Waals surface area contributed by atoms with E-state index in [2.05, 4.69) is 17.6 Å². The molecule has 2 rings (SSSR count). The molecule has 1 amide bonds. The first-order valence-electron chi connectivity index (χ1n) is 7.56. The Morgan fingerprint density at radius 3 is 2.42 bits per heavy atom. The minimum atomic E-state index is -0.421. The smallest absolute Gasteiger partial charge is 0.407 e. The number of carbonyl (C=O) groups excluding carboxylic acids is 1. The van der Waals surface area contributed by atoms with Gasteiger partial charge in [0, 0.05) is 18.6 Å². The molecule has 110 valence electrons. The minimum absolute atomic E-state index is 0.304. The molecule has 2 aliphatic rings. The monoisotopic (exact) mass is 268 g/mol. The largest absolute Gasteiger partial charge is 0.444 e. The summed E-state index contributed by atoms with van der Waals surface area (Å²) in [5.41, 5.74) is -0.421. The molecular formula is C15H28N2O2. The highest BCUT2D eigenvalue weighted by Gasteiger charge is 2.35. The molecule has 1 atom stereocenters. The Hall–Kier alpha value is -0.770. The molecule has 0 aliphatic heterocycles. The molecule has 0 aromatic rings. The fraction of sp³-hybridized carbons (Fsp3) is 0.933. The van der Waals surface area contributed by atoms with Gasteiger partial charge in [-0.05, 0) is 58.3 Å². The van der Waals surface area contributed by atoms with Gasteiger partial charge >= 0.3 is 6.09 Å². The number of hydrogen-bond donors (Lipinski definition) is 2. The van der Waals surface area contributed by atoms with Gasteiger partial charge in [-0.3, -0.25) is 0 Å². The quantitative estimate of drug-likeness (QED) is 0.806. The van der Waals surface area contributed by atoms with Crippen LogP contribution in [0.1, 0.15) is 53.4 Å². The highest BCUT2D eigenvalue weighted by Crippen LogP contribution is 2.35. The summed E-state index contributed by atoms with van der Waals surface area (Å²) >= 11 is 0. The molecular weight excluding hydrogens is 240 g/mol. The van der Waals surface area contributed by atoms with Crippen LogP contribution in [0.25, 0.3) is 0 Å². The lowest BCUT2D eigenvalue weighted by Crippen LogP contribution is -2.51. The first-order chi connectivity index (χ1) is 8.83. The fourth-order valence-corrected chi connectivity index (χ4v) is 2.71. The molecule has 4 heteroatoms. The standard InChI is InChI=1S/C15H28N2O2/c1-10-7-12(8-10)17-13(11-5-6-11)9-16-14(18)19-15(2,3)4/h10-13,17H,5-9H2,1-4H3,(H,16,18). The number of amides is 1. The van der Waals surface area contributed by atoms with E-state index in [0.29, 0.717) is 18.6 Å². The van der Waals surface area contributed by atoms with Gasteiger partial charge in [0.2, 0.25) is 0 Å². The number of hydrogen-bond acceptors (Lipinski definition) is 3. The lowest BCUT2D eigenvalue weighted by Gasteiger charge is -2.36. The Bertz CT molecular complexity index is 315. The zero-order valence-electron chi connectivity index (χ0n) is 12.7. The van der Waals surface area contributed by atoms with Crippen molar-refractivity contribution >= 4 is 6.09 Å². The zero-order chi connectivity index (χ0) is 14.0. The van der Waals surface area contributed by atoms with Crippen LogP contribution in [0.15, 0.2) is 0 Å². The van der Waals surface area contributed by atoms with Gasteiger partial charge in [-0.25, -0.2) is 4.79 Å². The first kappa shape index (κ1) is 14.6. The fourth-order valence-electron chi connectivity index (χ4n) is 2.71. The lowest BCUT2D eigenvalue weighted by molar-refractivity contribution is 0.0517. The van der Waals surface area contributed by atoms with Crippen LogP contribution in [0.4, 0.5) is 4.79 Å². The van der Waals surface area contributed by atoms with Crippen LogP contribution >= 0.6 is 0 Å². The van der Waals surface area contributed by atoms with E-state index in [4.69, 9.17) is 4.74 Å². The molecule has 4 nitrogen and oxygen atoms in total. The topological polar surface area (TPSA) is 50.4 Å². The van der Waals surface area contributed by atoms with Crippen LogP contribution in [-0.4, -0.2) is 30.3 Å². The van der Waals surface area contributed by atoms with Crippen LogP contribution in [0.5, 0.6) is 0 Å². The Balaban J connectivity index is 1.70. The molecule has 0 heterocycles. The first-order valence-corrected chi connectivity index (χ1v) is 7.56. The number of ether oxygens (including phenoxy) is 1. The number of nitrogens with one attached hydrogen (secondary N) is 2. The van der Waals surface area contributed by atoms with Crippen LogP contribution in [0.3, 0.4) is 0 Å². The van der Waals surface area contributed by atoms with Crippen LogP contribution in [0, 0.1) is 11.8 Å². The van der Waals surface area contributed by atoms with Gasteiger partial charge in [0.25, 0.3) is 0 Å². The maximum Gasteiger partial charge on any atom is 0.407 e.